The van der Waals surface area contributed by atoms with Gasteiger partial charge in [0.25, 0.3) is 0 Å². The van der Waals surface area contributed by atoms with Crippen LogP contribution in [0.3, 0.4) is 0 Å². The first-order chi connectivity index (χ1) is 12.1. The number of likely N-dealkylation sites (tertiary alicyclic amines) is 1. The van der Waals surface area contributed by atoms with Gasteiger partial charge in [-0.15, -0.1) is 0 Å². The van der Waals surface area contributed by atoms with Crippen molar-refractivity contribution in [3.05, 3.63) is 23.8 Å². The standard InChI is InChI=1S/C19H25NO5/c1-4-25-19(22)18-14-7-8-17(21)20(11-15(14)18)10-12-5-6-13(23-2)9-16(12)24-3/h5-6,9,14-15,18H,4,7-8,10-11H2,1-3H3/t14-,15+,18+/m1/s1. The molecule has 0 unspecified atom stereocenters. The fraction of sp³-hybridized carbons (Fsp3) is 0.579. The number of nitrogens with zero attached hydrogens (tertiary/aromatic N) is 1. The highest BCUT2D eigenvalue weighted by Crippen LogP contribution is 2.52. The van der Waals surface area contributed by atoms with Crippen molar-refractivity contribution in [3.63, 3.8) is 0 Å². The third kappa shape index (κ3) is 3.57. The van der Waals surface area contributed by atoms with Gasteiger partial charge in [0.15, 0.2) is 0 Å². The molecule has 0 radical (unpaired) electrons. The van der Waals surface area contributed by atoms with E-state index in [9.17, 15) is 9.59 Å². The fourth-order valence-electron chi connectivity index (χ4n) is 3.82. The minimum absolute atomic E-state index is 0.0479. The highest BCUT2D eigenvalue weighted by molar-refractivity contribution is 5.80. The lowest BCUT2D eigenvalue weighted by Crippen LogP contribution is -2.32. The van der Waals surface area contributed by atoms with Crippen molar-refractivity contribution in [2.45, 2.75) is 26.3 Å². The van der Waals surface area contributed by atoms with Crippen molar-refractivity contribution in [3.8, 4) is 11.5 Å². The predicted octanol–water partition coefficient (Wildman–Crippen LogP) is 2.25. The first kappa shape index (κ1) is 17.6. The minimum atomic E-state index is -0.117. The maximum atomic E-state index is 12.5. The van der Waals surface area contributed by atoms with E-state index in [1.54, 1.807) is 14.2 Å². The van der Waals surface area contributed by atoms with Crippen LogP contribution in [0.15, 0.2) is 18.2 Å². The molecule has 0 aromatic heterocycles. The van der Waals surface area contributed by atoms with Crippen molar-refractivity contribution in [1.29, 1.82) is 0 Å². The summed E-state index contributed by atoms with van der Waals surface area (Å²) in [4.78, 5) is 26.3. The molecule has 1 heterocycles. The maximum absolute atomic E-state index is 12.5. The Bertz CT molecular complexity index is 659. The molecule has 1 aliphatic heterocycles. The SMILES string of the molecule is CCOC(=O)[C@H]1[C@@H]2CCC(=O)N(Cc3ccc(OC)cc3OC)C[C@@H]21. The van der Waals surface area contributed by atoms with Crippen molar-refractivity contribution in [2.75, 3.05) is 27.4 Å². The molecule has 1 aromatic carbocycles. The van der Waals surface area contributed by atoms with E-state index in [0.29, 0.717) is 37.6 Å². The Morgan fingerprint density at radius 3 is 2.72 bits per heavy atom. The Morgan fingerprint density at radius 1 is 1.24 bits per heavy atom. The van der Waals surface area contributed by atoms with E-state index < -0.39 is 0 Å². The van der Waals surface area contributed by atoms with E-state index in [-0.39, 0.29) is 29.6 Å². The van der Waals surface area contributed by atoms with Crippen LogP contribution >= 0.6 is 0 Å². The van der Waals surface area contributed by atoms with Gasteiger partial charge in [-0.05, 0) is 37.3 Å². The normalized spacial score (nSPS) is 25.0. The zero-order valence-corrected chi connectivity index (χ0v) is 15.0. The smallest absolute Gasteiger partial charge is 0.309 e. The Balaban J connectivity index is 1.72. The third-order valence-electron chi connectivity index (χ3n) is 5.22. The molecule has 2 aliphatic rings. The number of carbonyl (C=O) groups excluding carboxylic acids is 2. The Kier molecular flexibility index (Phi) is 5.16. The van der Waals surface area contributed by atoms with Crippen molar-refractivity contribution >= 4 is 11.9 Å². The van der Waals surface area contributed by atoms with Gasteiger partial charge in [-0.25, -0.2) is 0 Å². The maximum Gasteiger partial charge on any atom is 0.309 e. The number of rotatable bonds is 6. The van der Waals surface area contributed by atoms with Crippen LogP contribution in [0.1, 0.15) is 25.3 Å². The van der Waals surface area contributed by atoms with Crippen LogP contribution in [0.4, 0.5) is 0 Å². The van der Waals surface area contributed by atoms with E-state index in [2.05, 4.69) is 0 Å². The molecule has 6 heteroatoms. The first-order valence-corrected chi connectivity index (χ1v) is 8.74. The number of methoxy groups -OCH3 is 2. The molecule has 6 nitrogen and oxygen atoms in total. The summed E-state index contributed by atoms with van der Waals surface area (Å²) in [5, 5.41) is 0. The van der Waals surface area contributed by atoms with Crippen molar-refractivity contribution < 1.29 is 23.8 Å². The lowest BCUT2D eigenvalue weighted by Gasteiger charge is -2.23. The topological polar surface area (TPSA) is 65.1 Å². The lowest BCUT2D eigenvalue weighted by molar-refractivity contribution is -0.146. The van der Waals surface area contributed by atoms with Gasteiger partial charge in [-0.1, -0.05) is 0 Å². The Hall–Kier alpha value is -2.24. The number of ether oxygens (including phenoxy) is 3. The van der Waals surface area contributed by atoms with Gasteiger partial charge < -0.3 is 19.1 Å². The first-order valence-electron chi connectivity index (χ1n) is 8.74. The summed E-state index contributed by atoms with van der Waals surface area (Å²) in [5.74, 6) is 1.88. The molecule has 1 saturated carbocycles. The van der Waals surface area contributed by atoms with Gasteiger partial charge in [0, 0.05) is 31.1 Å². The van der Waals surface area contributed by atoms with Gasteiger partial charge in [-0.2, -0.15) is 0 Å². The number of amides is 1. The number of benzene rings is 1. The number of esters is 1. The second-order valence-electron chi connectivity index (χ2n) is 6.60. The van der Waals surface area contributed by atoms with Crippen molar-refractivity contribution in [1.82, 2.24) is 4.90 Å². The van der Waals surface area contributed by atoms with Crippen LogP contribution in [0, 0.1) is 17.8 Å². The second-order valence-corrected chi connectivity index (χ2v) is 6.60. The van der Waals surface area contributed by atoms with Crippen LogP contribution in [-0.4, -0.2) is 44.1 Å². The molecule has 1 saturated heterocycles. The minimum Gasteiger partial charge on any atom is -0.497 e. The van der Waals surface area contributed by atoms with Gasteiger partial charge in [0.2, 0.25) is 5.91 Å². The summed E-state index contributed by atoms with van der Waals surface area (Å²) in [6.07, 6.45) is 1.25. The van der Waals surface area contributed by atoms with E-state index in [0.717, 1.165) is 12.0 Å². The summed E-state index contributed by atoms with van der Waals surface area (Å²) in [6, 6.07) is 5.60. The molecule has 3 atom stereocenters. The summed E-state index contributed by atoms with van der Waals surface area (Å²) in [5.41, 5.74) is 0.934. The molecule has 136 valence electrons. The van der Waals surface area contributed by atoms with Crippen molar-refractivity contribution in [2.24, 2.45) is 17.8 Å². The molecule has 0 bridgehead atoms. The number of hydrogen-bond donors (Lipinski definition) is 0. The quantitative estimate of drug-likeness (QED) is 0.739. The van der Waals surface area contributed by atoms with Crippen LogP contribution in [0.25, 0.3) is 0 Å². The largest absolute Gasteiger partial charge is 0.497 e. The van der Waals surface area contributed by atoms with Gasteiger partial charge in [0.1, 0.15) is 11.5 Å². The summed E-state index contributed by atoms with van der Waals surface area (Å²) < 4.78 is 15.8. The molecule has 25 heavy (non-hydrogen) atoms. The summed E-state index contributed by atoms with van der Waals surface area (Å²) in [6.45, 7) is 3.30. The van der Waals surface area contributed by atoms with Gasteiger partial charge in [-0.3, -0.25) is 9.59 Å². The summed E-state index contributed by atoms with van der Waals surface area (Å²) in [7, 11) is 3.21. The molecule has 3 rings (SSSR count). The highest BCUT2D eigenvalue weighted by atomic mass is 16.5. The lowest BCUT2D eigenvalue weighted by atomic mass is 10.1. The molecule has 2 fully saturated rings. The molecule has 1 amide bonds. The van der Waals surface area contributed by atoms with Crippen LogP contribution in [0.5, 0.6) is 11.5 Å². The zero-order chi connectivity index (χ0) is 18.0. The average molecular weight is 347 g/mol. The fourth-order valence-corrected chi connectivity index (χ4v) is 3.82. The van der Waals surface area contributed by atoms with Crippen LogP contribution < -0.4 is 9.47 Å². The van der Waals surface area contributed by atoms with Crippen LogP contribution in [0.2, 0.25) is 0 Å². The Morgan fingerprint density at radius 2 is 2.04 bits per heavy atom. The van der Waals surface area contributed by atoms with Gasteiger partial charge in [0.05, 0.1) is 26.7 Å². The Labute approximate surface area is 148 Å². The third-order valence-corrected chi connectivity index (χ3v) is 5.22. The van der Waals surface area contributed by atoms with E-state index in [4.69, 9.17) is 14.2 Å². The molecular weight excluding hydrogens is 322 g/mol. The van der Waals surface area contributed by atoms with E-state index >= 15 is 0 Å². The average Bonchev–Trinajstić information content (AvgIpc) is 3.33. The predicted molar refractivity (Wildman–Crippen MR) is 91.3 cm³/mol. The molecule has 0 spiro atoms. The number of fused-ring (bicyclic) bond motifs is 1. The molecule has 1 aromatic rings. The molecular formula is C19H25NO5. The van der Waals surface area contributed by atoms with E-state index in [1.165, 1.54) is 0 Å². The number of carbonyl (C=O) groups is 2. The molecule has 1 aliphatic carbocycles. The molecule has 0 N–H and O–H groups in total. The number of hydrogen-bond acceptors (Lipinski definition) is 5. The zero-order valence-electron chi connectivity index (χ0n) is 15.0. The van der Waals surface area contributed by atoms with Crippen LogP contribution in [-0.2, 0) is 20.9 Å². The van der Waals surface area contributed by atoms with Gasteiger partial charge >= 0.3 is 5.97 Å². The van der Waals surface area contributed by atoms with E-state index in [1.807, 2.05) is 30.0 Å². The second kappa shape index (κ2) is 7.33. The summed E-state index contributed by atoms with van der Waals surface area (Å²) >= 11 is 0. The monoisotopic (exact) mass is 347 g/mol. The highest BCUT2D eigenvalue weighted by Gasteiger charge is 2.57.